The van der Waals surface area contributed by atoms with Gasteiger partial charge in [-0.1, -0.05) is 19.1 Å². The second-order valence-electron chi connectivity index (χ2n) is 5.48. The van der Waals surface area contributed by atoms with Gasteiger partial charge < -0.3 is 10.3 Å². The molecule has 3 rings (SSSR count). The molecule has 1 aliphatic heterocycles. The van der Waals surface area contributed by atoms with Gasteiger partial charge in [-0.05, 0) is 30.9 Å². The SMILES string of the molecule is Cc1ccc(-c2nc3n(c2N)CC(C)CC3)cc1F. The molecule has 0 fully saturated rings. The second-order valence-corrected chi connectivity index (χ2v) is 5.48. The van der Waals surface area contributed by atoms with E-state index in [1.165, 1.54) is 6.07 Å². The van der Waals surface area contributed by atoms with Gasteiger partial charge in [0.2, 0.25) is 0 Å². The van der Waals surface area contributed by atoms with Crippen LogP contribution in [-0.2, 0) is 13.0 Å². The topological polar surface area (TPSA) is 43.8 Å². The van der Waals surface area contributed by atoms with Crippen molar-refractivity contribution in [1.29, 1.82) is 0 Å². The highest BCUT2D eigenvalue weighted by atomic mass is 19.1. The molecule has 0 aliphatic carbocycles. The Bertz CT molecular complexity index is 631. The van der Waals surface area contributed by atoms with Gasteiger partial charge >= 0.3 is 0 Å². The van der Waals surface area contributed by atoms with Crippen molar-refractivity contribution in [1.82, 2.24) is 9.55 Å². The minimum atomic E-state index is -0.212. The van der Waals surface area contributed by atoms with Crippen molar-refractivity contribution in [2.75, 3.05) is 5.73 Å². The monoisotopic (exact) mass is 259 g/mol. The van der Waals surface area contributed by atoms with Crippen molar-refractivity contribution in [2.24, 2.45) is 5.92 Å². The van der Waals surface area contributed by atoms with Gasteiger partial charge in [0, 0.05) is 18.5 Å². The molecule has 1 aliphatic rings. The number of benzene rings is 1. The molecule has 2 N–H and O–H groups in total. The molecule has 3 nitrogen and oxygen atoms in total. The normalized spacial score (nSPS) is 18.4. The third-order valence-electron chi connectivity index (χ3n) is 3.89. The molecule has 1 aromatic carbocycles. The van der Waals surface area contributed by atoms with Crippen LogP contribution in [0, 0.1) is 18.7 Å². The summed E-state index contributed by atoms with van der Waals surface area (Å²) >= 11 is 0. The van der Waals surface area contributed by atoms with E-state index < -0.39 is 0 Å². The summed E-state index contributed by atoms with van der Waals surface area (Å²) in [6, 6.07) is 5.17. The number of anilines is 1. The summed E-state index contributed by atoms with van der Waals surface area (Å²) in [5.41, 5.74) is 8.29. The quantitative estimate of drug-likeness (QED) is 0.855. The first-order chi connectivity index (χ1) is 9.06. The van der Waals surface area contributed by atoms with Crippen LogP contribution < -0.4 is 5.73 Å². The lowest BCUT2D eigenvalue weighted by atomic mass is 10.0. The molecule has 2 aromatic rings. The Labute approximate surface area is 112 Å². The summed E-state index contributed by atoms with van der Waals surface area (Å²) in [5, 5.41) is 0. The first-order valence-corrected chi connectivity index (χ1v) is 6.67. The Hall–Kier alpha value is -1.84. The zero-order valence-corrected chi connectivity index (χ0v) is 11.3. The molecule has 0 saturated carbocycles. The maximum absolute atomic E-state index is 13.7. The van der Waals surface area contributed by atoms with Crippen LogP contribution in [0.3, 0.4) is 0 Å². The molecule has 1 aromatic heterocycles. The van der Waals surface area contributed by atoms with E-state index in [4.69, 9.17) is 5.73 Å². The Balaban J connectivity index is 2.08. The molecule has 0 radical (unpaired) electrons. The van der Waals surface area contributed by atoms with Crippen LogP contribution in [0.5, 0.6) is 0 Å². The van der Waals surface area contributed by atoms with E-state index in [1.807, 2.05) is 6.07 Å². The number of hydrogen-bond donors (Lipinski definition) is 1. The fourth-order valence-electron chi connectivity index (χ4n) is 2.64. The Morgan fingerprint density at radius 2 is 2.21 bits per heavy atom. The fraction of sp³-hybridized carbons (Fsp3) is 0.400. The fourth-order valence-corrected chi connectivity index (χ4v) is 2.64. The number of halogens is 1. The van der Waals surface area contributed by atoms with Crippen LogP contribution in [0.2, 0.25) is 0 Å². The van der Waals surface area contributed by atoms with Crippen LogP contribution >= 0.6 is 0 Å². The lowest BCUT2D eigenvalue weighted by molar-refractivity contribution is 0.397. The highest BCUT2D eigenvalue weighted by Gasteiger charge is 2.22. The van der Waals surface area contributed by atoms with Crippen molar-refractivity contribution in [2.45, 2.75) is 33.2 Å². The van der Waals surface area contributed by atoms with Crippen molar-refractivity contribution in [3.05, 3.63) is 35.4 Å². The predicted molar refractivity (Wildman–Crippen MR) is 74.3 cm³/mol. The number of imidazole rings is 1. The van der Waals surface area contributed by atoms with E-state index in [2.05, 4.69) is 16.5 Å². The number of nitrogens with two attached hydrogens (primary N) is 1. The van der Waals surface area contributed by atoms with E-state index in [0.717, 1.165) is 30.8 Å². The Kier molecular flexibility index (Phi) is 2.81. The number of fused-ring (bicyclic) bond motifs is 1. The van der Waals surface area contributed by atoms with E-state index in [0.29, 0.717) is 23.0 Å². The molecule has 0 bridgehead atoms. The average Bonchev–Trinajstić information content (AvgIpc) is 2.70. The van der Waals surface area contributed by atoms with Gasteiger partial charge in [-0.2, -0.15) is 0 Å². The van der Waals surface area contributed by atoms with Gasteiger partial charge in [-0.25, -0.2) is 9.37 Å². The molecule has 100 valence electrons. The lowest BCUT2D eigenvalue weighted by Gasteiger charge is -2.20. The van der Waals surface area contributed by atoms with Crippen LogP contribution in [0.15, 0.2) is 18.2 Å². The zero-order valence-electron chi connectivity index (χ0n) is 11.3. The molecular weight excluding hydrogens is 241 g/mol. The largest absolute Gasteiger partial charge is 0.383 e. The molecule has 19 heavy (non-hydrogen) atoms. The van der Waals surface area contributed by atoms with Gasteiger partial charge in [0.15, 0.2) is 0 Å². The zero-order chi connectivity index (χ0) is 13.6. The number of hydrogen-bond acceptors (Lipinski definition) is 2. The van der Waals surface area contributed by atoms with Crippen molar-refractivity contribution >= 4 is 5.82 Å². The third kappa shape index (κ3) is 2.01. The summed E-state index contributed by atoms with van der Waals surface area (Å²) in [4.78, 5) is 4.60. The smallest absolute Gasteiger partial charge is 0.131 e. The van der Waals surface area contributed by atoms with E-state index >= 15 is 0 Å². The Morgan fingerprint density at radius 1 is 1.42 bits per heavy atom. The summed E-state index contributed by atoms with van der Waals surface area (Å²) in [6.07, 6.45) is 2.08. The number of rotatable bonds is 1. The molecule has 1 unspecified atom stereocenters. The maximum atomic E-state index is 13.7. The van der Waals surface area contributed by atoms with Gasteiger partial charge in [-0.15, -0.1) is 0 Å². The summed E-state index contributed by atoms with van der Waals surface area (Å²) in [7, 11) is 0. The van der Waals surface area contributed by atoms with Gasteiger partial charge in [0.05, 0.1) is 0 Å². The van der Waals surface area contributed by atoms with Crippen LogP contribution in [0.4, 0.5) is 10.2 Å². The van der Waals surface area contributed by atoms with Crippen molar-refractivity contribution < 1.29 is 4.39 Å². The molecule has 0 spiro atoms. The molecule has 0 saturated heterocycles. The minimum Gasteiger partial charge on any atom is -0.383 e. The minimum absolute atomic E-state index is 0.212. The second kappa shape index (κ2) is 4.37. The van der Waals surface area contributed by atoms with Crippen LogP contribution in [-0.4, -0.2) is 9.55 Å². The van der Waals surface area contributed by atoms with Gasteiger partial charge in [0.1, 0.15) is 23.2 Å². The first kappa shape index (κ1) is 12.2. The molecular formula is C15H18FN3. The summed E-state index contributed by atoms with van der Waals surface area (Å²) in [5.74, 6) is 2.08. The Morgan fingerprint density at radius 3 is 2.95 bits per heavy atom. The number of nitrogen functional groups attached to an aromatic ring is 1. The van der Waals surface area contributed by atoms with Gasteiger partial charge in [0.25, 0.3) is 0 Å². The highest BCUT2D eigenvalue weighted by molar-refractivity contribution is 5.71. The number of aryl methyl sites for hydroxylation is 2. The van der Waals surface area contributed by atoms with E-state index in [-0.39, 0.29) is 5.82 Å². The van der Waals surface area contributed by atoms with Crippen molar-refractivity contribution in [3.63, 3.8) is 0 Å². The highest BCUT2D eigenvalue weighted by Crippen LogP contribution is 2.31. The van der Waals surface area contributed by atoms with Gasteiger partial charge in [-0.3, -0.25) is 0 Å². The van der Waals surface area contributed by atoms with E-state index in [1.54, 1.807) is 13.0 Å². The molecule has 4 heteroatoms. The van der Waals surface area contributed by atoms with Crippen molar-refractivity contribution in [3.8, 4) is 11.3 Å². The standard InChI is InChI=1S/C15H18FN3/c1-9-3-6-13-18-14(15(17)19(13)8-9)11-5-4-10(2)12(16)7-11/h4-5,7,9H,3,6,8,17H2,1-2H3. The number of nitrogens with zero attached hydrogens (tertiary/aromatic N) is 2. The summed E-state index contributed by atoms with van der Waals surface area (Å²) in [6.45, 7) is 4.87. The van der Waals surface area contributed by atoms with Crippen LogP contribution in [0.1, 0.15) is 24.7 Å². The lowest BCUT2D eigenvalue weighted by Crippen LogP contribution is -2.19. The molecule has 2 heterocycles. The molecule has 1 atom stereocenters. The summed E-state index contributed by atoms with van der Waals surface area (Å²) < 4.78 is 15.7. The average molecular weight is 259 g/mol. The predicted octanol–water partition coefficient (Wildman–Crippen LogP) is 3.16. The third-order valence-corrected chi connectivity index (χ3v) is 3.89. The molecule has 0 amide bonds. The number of aromatic nitrogens is 2. The maximum Gasteiger partial charge on any atom is 0.131 e. The van der Waals surface area contributed by atoms with E-state index in [9.17, 15) is 4.39 Å². The first-order valence-electron chi connectivity index (χ1n) is 6.67. The van der Waals surface area contributed by atoms with Crippen LogP contribution in [0.25, 0.3) is 11.3 Å².